The normalized spacial score (nSPS) is 19.2. The van der Waals surface area contributed by atoms with Crippen LogP contribution in [0.4, 0.5) is 10.5 Å². The van der Waals surface area contributed by atoms with Crippen molar-refractivity contribution in [3.8, 4) is 0 Å². The number of anilines is 1. The number of fused-ring (bicyclic) bond motifs is 1. The molecule has 1 saturated heterocycles. The van der Waals surface area contributed by atoms with Gasteiger partial charge in [0.25, 0.3) is 0 Å². The van der Waals surface area contributed by atoms with Crippen molar-refractivity contribution in [1.29, 1.82) is 0 Å². The van der Waals surface area contributed by atoms with Crippen LogP contribution in [0.15, 0.2) is 30.9 Å². The van der Waals surface area contributed by atoms with E-state index in [2.05, 4.69) is 17.2 Å². The molecule has 168 valence electrons. The minimum Gasteiger partial charge on any atom is -0.444 e. The van der Waals surface area contributed by atoms with Crippen LogP contribution in [0.5, 0.6) is 0 Å². The van der Waals surface area contributed by atoms with Gasteiger partial charge in [-0.1, -0.05) is 12.6 Å². The van der Waals surface area contributed by atoms with Crippen LogP contribution in [0, 0.1) is 5.92 Å². The summed E-state index contributed by atoms with van der Waals surface area (Å²) >= 11 is 0. The zero-order valence-electron chi connectivity index (χ0n) is 18.7. The fourth-order valence-corrected chi connectivity index (χ4v) is 4.24. The van der Waals surface area contributed by atoms with Gasteiger partial charge < -0.3 is 15.0 Å². The SMILES string of the molecule is C=CC(=O)N1CCC(C(=O)NC2CCCc3cc(NC(=O)OC(C)(C)C)ccc32)CC1. The lowest BCUT2D eigenvalue weighted by molar-refractivity contribution is -0.132. The molecule has 7 heteroatoms. The highest BCUT2D eigenvalue weighted by atomic mass is 16.6. The third-order valence-corrected chi connectivity index (χ3v) is 5.77. The lowest BCUT2D eigenvalue weighted by Crippen LogP contribution is -2.43. The molecule has 3 rings (SSSR count). The number of nitrogens with one attached hydrogen (secondary N) is 2. The Morgan fingerprint density at radius 3 is 2.52 bits per heavy atom. The summed E-state index contributed by atoms with van der Waals surface area (Å²) in [6.07, 6.45) is 4.96. The van der Waals surface area contributed by atoms with E-state index in [1.807, 2.05) is 39.0 Å². The molecule has 0 aromatic heterocycles. The van der Waals surface area contributed by atoms with E-state index in [9.17, 15) is 14.4 Å². The molecule has 1 aromatic rings. The first kappa shape index (κ1) is 22.8. The maximum Gasteiger partial charge on any atom is 0.412 e. The molecule has 1 unspecified atom stereocenters. The van der Waals surface area contributed by atoms with Crippen LogP contribution in [0.25, 0.3) is 0 Å². The van der Waals surface area contributed by atoms with Gasteiger partial charge in [0.2, 0.25) is 11.8 Å². The summed E-state index contributed by atoms with van der Waals surface area (Å²) in [5, 5.41) is 6.01. The van der Waals surface area contributed by atoms with Gasteiger partial charge in [0.1, 0.15) is 5.60 Å². The van der Waals surface area contributed by atoms with Crippen molar-refractivity contribution in [2.24, 2.45) is 5.92 Å². The maximum absolute atomic E-state index is 12.9. The van der Waals surface area contributed by atoms with E-state index in [4.69, 9.17) is 4.74 Å². The summed E-state index contributed by atoms with van der Waals surface area (Å²) in [5.74, 6) is -0.0947. The van der Waals surface area contributed by atoms with E-state index in [0.717, 1.165) is 30.4 Å². The number of amides is 3. The summed E-state index contributed by atoms with van der Waals surface area (Å²) in [7, 11) is 0. The first-order valence-corrected chi connectivity index (χ1v) is 11.0. The number of carbonyl (C=O) groups is 3. The maximum atomic E-state index is 12.9. The summed E-state index contributed by atoms with van der Waals surface area (Å²) in [5.41, 5.74) is 2.38. The highest BCUT2D eigenvalue weighted by molar-refractivity contribution is 5.87. The highest BCUT2D eigenvalue weighted by Crippen LogP contribution is 2.32. The first-order chi connectivity index (χ1) is 14.7. The van der Waals surface area contributed by atoms with Crippen molar-refractivity contribution in [1.82, 2.24) is 10.2 Å². The van der Waals surface area contributed by atoms with E-state index in [-0.39, 0.29) is 23.8 Å². The minimum absolute atomic E-state index is 0.0281. The molecule has 31 heavy (non-hydrogen) atoms. The number of benzene rings is 1. The Hall–Kier alpha value is -2.83. The molecule has 7 nitrogen and oxygen atoms in total. The van der Waals surface area contributed by atoms with Crippen LogP contribution in [-0.4, -0.2) is 41.5 Å². The Morgan fingerprint density at radius 2 is 1.87 bits per heavy atom. The number of aryl methyl sites for hydroxylation is 1. The Kier molecular flexibility index (Phi) is 7.03. The van der Waals surface area contributed by atoms with Crippen LogP contribution < -0.4 is 10.6 Å². The lowest BCUT2D eigenvalue weighted by Gasteiger charge is -2.33. The van der Waals surface area contributed by atoms with Crippen LogP contribution >= 0.6 is 0 Å². The molecule has 2 aliphatic rings. The second-order valence-corrected chi connectivity index (χ2v) is 9.30. The monoisotopic (exact) mass is 427 g/mol. The van der Waals surface area contributed by atoms with E-state index >= 15 is 0 Å². The van der Waals surface area contributed by atoms with Gasteiger partial charge in [0, 0.05) is 24.7 Å². The van der Waals surface area contributed by atoms with Gasteiger partial charge in [-0.15, -0.1) is 0 Å². The number of hydrogen-bond donors (Lipinski definition) is 2. The minimum atomic E-state index is -0.553. The molecule has 0 spiro atoms. The van der Waals surface area contributed by atoms with Crippen molar-refractivity contribution >= 4 is 23.6 Å². The van der Waals surface area contributed by atoms with Gasteiger partial charge in [-0.2, -0.15) is 0 Å². The van der Waals surface area contributed by atoms with E-state index < -0.39 is 11.7 Å². The Bertz CT molecular complexity index is 851. The van der Waals surface area contributed by atoms with Crippen molar-refractivity contribution < 1.29 is 19.1 Å². The average Bonchev–Trinajstić information content (AvgIpc) is 2.72. The Morgan fingerprint density at radius 1 is 1.16 bits per heavy atom. The number of piperidine rings is 1. The Labute approximate surface area is 184 Å². The molecule has 1 aromatic carbocycles. The standard InChI is InChI=1S/C24H33N3O4/c1-5-21(28)27-13-11-16(12-14-27)22(29)26-20-8-6-7-17-15-18(9-10-19(17)20)25-23(30)31-24(2,3)4/h5,9-10,15-16,20H,1,6-8,11-14H2,2-4H3,(H,25,30)(H,26,29). The van der Waals surface area contributed by atoms with E-state index in [0.29, 0.717) is 31.6 Å². The van der Waals surface area contributed by atoms with Crippen LogP contribution in [-0.2, 0) is 20.7 Å². The number of hydrogen-bond acceptors (Lipinski definition) is 4. The predicted molar refractivity (Wildman–Crippen MR) is 120 cm³/mol. The molecule has 0 radical (unpaired) electrons. The van der Waals surface area contributed by atoms with Crippen molar-refractivity contribution in [2.45, 2.75) is 64.5 Å². The second-order valence-electron chi connectivity index (χ2n) is 9.30. The second kappa shape index (κ2) is 9.54. The molecule has 3 amide bonds. The Balaban J connectivity index is 1.60. The smallest absolute Gasteiger partial charge is 0.412 e. The van der Waals surface area contributed by atoms with Gasteiger partial charge in [0.05, 0.1) is 6.04 Å². The zero-order valence-corrected chi connectivity index (χ0v) is 18.7. The largest absolute Gasteiger partial charge is 0.444 e. The molecule has 1 heterocycles. The van der Waals surface area contributed by atoms with Gasteiger partial charge in [0.15, 0.2) is 0 Å². The van der Waals surface area contributed by atoms with Crippen molar-refractivity contribution in [3.05, 3.63) is 42.0 Å². The number of nitrogens with zero attached hydrogens (tertiary/aromatic N) is 1. The molecule has 0 saturated carbocycles. The molecular weight excluding hydrogens is 394 g/mol. The fraction of sp³-hybridized carbons (Fsp3) is 0.542. The van der Waals surface area contributed by atoms with Crippen LogP contribution in [0.3, 0.4) is 0 Å². The molecular formula is C24H33N3O4. The van der Waals surface area contributed by atoms with Gasteiger partial charge in [-0.25, -0.2) is 4.79 Å². The topological polar surface area (TPSA) is 87.7 Å². The zero-order chi connectivity index (χ0) is 22.6. The van der Waals surface area contributed by atoms with E-state index in [1.165, 1.54) is 6.08 Å². The third kappa shape index (κ3) is 6.09. The lowest BCUT2D eigenvalue weighted by atomic mass is 9.86. The van der Waals surface area contributed by atoms with E-state index in [1.54, 1.807) is 4.90 Å². The van der Waals surface area contributed by atoms with Crippen molar-refractivity contribution in [2.75, 3.05) is 18.4 Å². The van der Waals surface area contributed by atoms with Gasteiger partial charge >= 0.3 is 6.09 Å². The summed E-state index contributed by atoms with van der Waals surface area (Å²) in [6, 6.07) is 5.78. The molecule has 2 N–H and O–H groups in total. The number of likely N-dealkylation sites (tertiary alicyclic amines) is 1. The molecule has 1 aliphatic carbocycles. The summed E-state index contributed by atoms with van der Waals surface area (Å²) < 4.78 is 5.32. The molecule has 0 bridgehead atoms. The highest BCUT2D eigenvalue weighted by Gasteiger charge is 2.29. The fourth-order valence-electron chi connectivity index (χ4n) is 4.24. The van der Waals surface area contributed by atoms with Crippen LogP contribution in [0.1, 0.15) is 63.6 Å². The average molecular weight is 428 g/mol. The molecule has 1 atom stereocenters. The first-order valence-electron chi connectivity index (χ1n) is 11.0. The number of carbonyl (C=O) groups excluding carboxylic acids is 3. The molecule has 1 aliphatic heterocycles. The quantitative estimate of drug-likeness (QED) is 0.712. The van der Waals surface area contributed by atoms with Gasteiger partial charge in [-0.05, 0) is 82.2 Å². The summed E-state index contributed by atoms with van der Waals surface area (Å²) in [4.78, 5) is 38.4. The number of ether oxygens (including phenoxy) is 1. The number of rotatable bonds is 4. The van der Waals surface area contributed by atoms with Crippen LogP contribution in [0.2, 0.25) is 0 Å². The predicted octanol–water partition coefficient (Wildman–Crippen LogP) is 3.95. The van der Waals surface area contributed by atoms with Crippen molar-refractivity contribution in [3.63, 3.8) is 0 Å². The third-order valence-electron chi connectivity index (χ3n) is 5.77. The summed E-state index contributed by atoms with van der Waals surface area (Å²) in [6.45, 7) is 10.2. The molecule has 1 fully saturated rings. The van der Waals surface area contributed by atoms with Gasteiger partial charge in [-0.3, -0.25) is 14.9 Å².